The Balaban J connectivity index is 1.39. The minimum atomic E-state index is -1.27. The van der Waals surface area contributed by atoms with E-state index in [4.69, 9.17) is 19.6 Å². The second kappa shape index (κ2) is 10.7. The summed E-state index contributed by atoms with van der Waals surface area (Å²) in [6.07, 6.45) is 2.61. The van der Waals surface area contributed by atoms with Gasteiger partial charge in [0, 0.05) is 26.3 Å². The topological polar surface area (TPSA) is 90.2 Å². The van der Waals surface area contributed by atoms with Gasteiger partial charge in [0.2, 0.25) is 5.88 Å². The zero-order valence-corrected chi connectivity index (χ0v) is 23.8. The highest BCUT2D eigenvalue weighted by Gasteiger charge is 2.29. The van der Waals surface area contributed by atoms with Crippen molar-refractivity contribution in [1.82, 2.24) is 29.8 Å². The van der Waals surface area contributed by atoms with E-state index < -0.39 is 25.8 Å². The predicted octanol–water partition coefficient (Wildman–Crippen LogP) is 6.69. The summed E-state index contributed by atoms with van der Waals surface area (Å²) in [5, 5.41) is 13.2. The van der Waals surface area contributed by atoms with Crippen LogP contribution in [0.2, 0.25) is 25.7 Å². The van der Waals surface area contributed by atoms with Crippen molar-refractivity contribution in [2.45, 2.75) is 57.0 Å². The van der Waals surface area contributed by atoms with Crippen molar-refractivity contribution in [3.8, 4) is 17.3 Å². The molecule has 0 bridgehead atoms. The van der Waals surface area contributed by atoms with Crippen LogP contribution in [0.5, 0.6) is 5.88 Å². The van der Waals surface area contributed by atoms with E-state index in [9.17, 15) is 8.78 Å². The number of hydrogen-bond donors (Lipinski definition) is 1. The molecule has 1 atom stereocenters. The molecule has 0 saturated heterocycles. The molecule has 5 aromatic rings. The highest BCUT2D eigenvalue weighted by Crippen LogP contribution is 2.41. The number of hydrogen-bond acceptors (Lipinski definition) is 6. The van der Waals surface area contributed by atoms with Gasteiger partial charge in [-0.05, 0) is 55.1 Å². The Hall–Kier alpha value is -3.70. The summed E-state index contributed by atoms with van der Waals surface area (Å²) in [5.41, 5.74) is 3.25. The van der Waals surface area contributed by atoms with Crippen LogP contribution in [0.25, 0.3) is 28.1 Å². The molecule has 1 aliphatic carbocycles. The first-order chi connectivity index (χ1) is 19.2. The maximum Gasteiger partial charge on any atom is 0.236 e. The highest BCUT2D eigenvalue weighted by molar-refractivity contribution is 6.76. The Morgan fingerprint density at radius 2 is 1.90 bits per heavy atom. The van der Waals surface area contributed by atoms with Crippen molar-refractivity contribution in [3.05, 3.63) is 71.6 Å². The molecule has 6 rings (SSSR count). The predicted molar refractivity (Wildman–Crippen MR) is 151 cm³/mol. The molecule has 1 saturated carbocycles. The van der Waals surface area contributed by atoms with Crippen LogP contribution >= 0.6 is 0 Å². The molecule has 1 aliphatic rings. The largest absolute Gasteiger partial charge is 0.462 e. The Morgan fingerprint density at radius 1 is 1.07 bits per heavy atom. The van der Waals surface area contributed by atoms with E-state index in [2.05, 4.69) is 34.8 Å². The Kier molecular flexibility index (Phi) is 7.09. The second-order valence-corrected chi connectivity index (χ2v) is 17.2. The number of aromatic amines is 1. The van der Waals surface area contributed by atoms with E-state index in [1.165, 1.54) is 16.6 Å². The van der Waals surface area contributed by atoms with Gasteiger partial charge in [0.25, 0.3) is 0 Å². The first kappa shape index (κ1) is 26.5. The maximum absolute atomic E-state index is 14.7. The molecule has 1 unspecified atom stereocenters. The number of para-hydroxylation sites is 2. The number of aromatic nitrogens is 6. The van der Waals surface area contributed by atoms with E-state index in [0.717, 1.165) is 48.0 Å². The monoisotopic (exact) mass is 562 g/mol. The number of benzene rings is 2. The Labute approximate surface area is 231 Å². The van der Waals surface area contributed by atoms with Crippen molar-refractivity contribution in [2.24, 2.45) is 0 Å². The summed E-state index contributed by atoms with van der Waals surface area (Å²) in [6.45, 7) is 7.86. The Morgan fingerprint density at radius 3 is 2.62 bits per heavy atom. The number of halogens is 2. The number of fused-ring (bicyclic) bond motifs is 2. The Bertz CT molecular complexity index is 1630. The van der Waals surface area contributed by atoms with Crippen LogP contribution in [0.3, 0.4) is 0 Å². The molecule has 208 valence electrons. The van der Waals surface area contributed by atoms with Gasteiger partial charge in [0.1, 0.15) is 11.6 Å². The van der Waals surface area contributed by atoms with Crippen LogP contribution in [0, 0.1) is 11.6 Å². The first-order valence-corrected chi connectivity index (χ1v) is 17.4. The average molecular weight is 563 g/mol. The van der Waals surface area contributed by atoms with Gasteiger partial charge in [-0.2, -0.15) is 4.52 Å². The van der Waals surface area contributed by atoms with Crippen LogP contribution in [-0.4, -0.2) is 51.1 Å². The molecule has 8 nitrogen and oxygen atoms in total. The summed E-state index contributed by atoms with van der Waals surface area (Å²) in [6, 6.07) is 14.1. The summed E-state index contributed by atoms with van der Waals surface area (Å²) in [4.78, 5) is 8.17. The number of nitrogens with zero attached hydrogens (tertiary/aromatic N) is 5. The van der Waals surface area contributed by atoms with Crippen molar-refractivity contribution >= 4 is 24.8 Å². The van der Waals surface area contributed by atoms with Crippen LogP contribution in [0.1, 0.15) is 42.7 Å². The SMILES string of the molecule is C[Si](C)(C)CCOCC(Oc1nn2c(-c3ccc(F)cc3F)nnc2cc1C1CCC1)c1nc2ccccc2[nH]1. The summed E-state index contributed by atoms with van der Waals surface area (Å²) in [5.74, 6) is 0.0903. The summed E-state index contributed by atoms with van der Waals surface area (Å²) >= 11 is 0. The maximum atomic E-state index is 14.7. The molecule has 2 aromatic carbocycles. The van der Waals surface area contributed by atoms with Crippen molar-refractivity contribution in [1.29, 1.82) is 0 Å². The molecule has 0 aliphatic heterocycles. The lowest BCUT2D eigenvalue weighted by molar-refractivity contribution is 0.0477. The molecule has 0 radical (unpaired) electrons. The van der Waals surface area contributed by atoms with Gasteiger partial charge in [-0.1, -0.05) is 38.2 Å². The zero-order chi connectivity index (χ0) is 27.9. The minimum Gasteiger partial charge on any atom is -0.462 e. The molecular formula is C29H32F2N6O2Si. The summed E-state index contributed by atoms with van der Waals surface area (Å²) < 4.78 is 42.5. The van der Waals surface area contributed by atoms with Gasteiger partial charge in [-0.15, -0.1) is 15.3 Å². The standard InChI is InChI=1S/C29H32F2N6O2Si/c1-40(2,3)14-13-38-17-25(27-32-23-9-4-5-10-24(23)33-27)39-29-21(18-7-6-8-18)16-26-34-35-28(37(26)36-29)20-12-11-19(30)15-22(20)31/h4-5,9-12,15-16,18,25H,6-8,13-14,17H2,1-3H3,(H,32,33). The third kappa shape index (κ3) is 5.48. The molecule has 0 spiro atoms. The van der Waals surface area contributed by atoms with Gasteiger partial charge >= 0.3 is 0 Å². The lowest BCUT2D eigenvalue weighted by atomic mass is 9.80. The lowest BCUT2D eigenvalue weighted by Gasteiger charge is -2.28. The molecule has 0 amide bonds. The smallest absolute Gasteiger partial charge is 0.236 e. The first-order valence-electron chi connectivity index (χ1n) is 13.7. The normalized spacial score (nSPS) is 15.0. The summed E-state index contributed by atoms with van der Waals surface area (Å²) in [7, 11) is -1.27. The number of ether oxygens (including phenoxy) is 2. The molecule has 11 heteroatoms. The van der Waals surface area contributed by atoms with Crippen LogP contribution < -0.4 is 4.74 Å². The quantitative estimate of drug-likeness (QED) is 0.151. The van der Waals surface area contributed by atoms with Crippen LogP contribution in [-0.2, 0) is 4.74 Å². The number of nitrogens with one attached hydrogen (secondary N) is 1. The van der Waals surface area contributed by atoms with Crippen molar-refractivity contribution in [2.75, 3.05) is 13.2 Å². The highest BCUT2D eigenvalue weighted by atomic mass is 28.3. The van der Waals surface area contributed by atoms with E-state index in [-0.39, 0.29) is 23.9 Å². The van der Waals surface area contributed by atoms with Gasteiger partial charge in [0.15, 0.2) is 23.4 Å². The van der Waals surface area contributed by atoms with E-state index in [1.807, 2.05) is 30.3 Å². The van der Waals surface area contributed by atoms with E-state index in [0.29, 0.717) is 24.0 Å². The molecule has 1 N–H and O–H groups in total. The van der Waals surface area contributed by atoms with E-state index in [1.54, 1.807) is 0 Å². The fourth-order valence-corrected chi connectivity index (χ4v) is 5.53. The lowest BCUT2D eigenvalue weighted by Crippen LogP contribution is -2.24. The van der Waals surface area contributed by atoms with Crippen molar-refractivity contribution in [3.63, 3.8) is 0 Å². The fraction of sp³-hybridized carbons (Fsp3) is 0.379. The van der Waals surface area contributed by atoms with Gasteiger partial charge in [-0.3, -0.25) is 0 Å². The van der Waals surface area contributed by atoms with Crippen LogP contribution in [0.4, 0.5) is 8.78 Å². The fourth-order valence-electron chi connectivity index (χ4n) is 4.77. The second-order valence-electron chi connectivity index (χ2n) is 11.6. The number of H-pyrrole nitrogens is 1. The third-order valence-corrected chi connectivity index (χ3v) is 9.04. The van der Waals surface area contributed by atoms with Gasteiger partial charge in [-0.25, -0.2) is 13.8 Å². The molecule has 3 heterocycles. The van der Waals surface area contributed by atoms with Crippen molar-refractivity contribution < 1.29 is 18.3 Å². The van der Waals surface area contributed by atoms with E-state index >= 15 is 0 Å². The van der Waals surface area contributed by atoms with Gasteiger partial charge < -0.3 is 14.5 Å². The van der Waals surface area contributed by atoms with Gasteiger partial charge in [0.05, 0.1) is 23.2 Å². The molecule has 1 fully saturated rings. The zero-order valence-electron chi connectivity index (χ0n) is 22.8. The minimum absolute atomic E-state index is 0.104. The number of imidazole rings is 1. The number of rotatable bonds is 10. The molecule has 3 aromatic heterocycles. The van der Waals surface area contributed by atoms with Crippen LogP contribution in [0.15, 0.2) is 48.5 Å². The molecule has 40 heavy (non-hydrogen) atoms. The third-order valence-electron chi connectivity index (χ3n) is 7.34. The molecular weight excluding hydrogens is 530 g/mol. The average Bonchev–Trinajstić information content (AvgIpc) is 3.48.